The van der Waals surface area contributed by atoms with Crippen LogP contribution in [0.15, 0.2) is 45.8 Å². The quantitative estimate of drug-likeness (QED) is 0.650. The maximum Gasteiger partial charge on any atom is 0.144 e. The van der Waals surface area contributed by atoms with Gasteiger partial charge in [0.15, 0.2) is 0 Å². The average molecular weight is 345 g/mol. The predicted molar refractivity (Wildman–Crippen MR) is 76.0 cm³/mol. The van der Waals surface area contributed by atoms with Crippen molar-refractivity contribution in [2.24, 2.45) is 0 Å². The van der Waals surface area contributed by atoms with E-state index in [2.05, 4.69) is 15.9 Å². The Kier molecular flexibility index (Phi) is 4.96. The first-order chi connectivity index (χ1) is 9.11. The highest BCUT2D eigenvalue weighted by Gasteiger charge is 2.12. The lowest BCUT2D eigenvalue weighted by molar-refractivity contribution is 0.282. The first-order valence-electron chi connectivity index (χ1n) is 5.57. The van der Waals surface area contributed by atoms with E-state index in [4.69, 9.17) is 5.11 Å². The summed E-state index contributed by atoms with van der Waals surface area (Å²) in [5, 5.41) is 8.93. The van der Waals surface area contributed by atoms with Crippen molar-refractivity contribution in [1.29, 1.82) is 0 Å². The van der Waals surface area contributed by atoms with Gasteiger partial charge in [0.25, 0.3) is 0 Å². The van der Waals surface area contributed by atoms with E-state index >= 15 is 0 Å². The molecule has 1 N–H and O–H groups in total. The molecule has 0 atom stereocenters. The lowest BCUT2D eigenvalue weighted by Crippen LogP contribution is -1.94. The fourth-order valence-corrected chi connectivity index (χ4v) is 2.82. The summed E-state index contributed by atoms with van der Waals surface area (Å²) in [4.78, 5) is 0.899. The van der Waals surface area contributed by atoms with Crippen LogP contribution >= 0.6 is 27.7 Å². The minimum atomic E-state index is -0.556. The Labute approximate surface area is 122 Å². The Morgan fingerprint density at radius 3 is 2.37 bits per heavy atom. The molecule has 0 aliphatic carbocycles. The highest BCUT2D eigenvalue weighted by atomic mass is 79.9. The van der Waals surface area contributed by atoms with Crippen molar-refractivity contribution in [3.05, 3.63) is 63.6 Å². The summed E-state index contributed by atoms with van der Waals surface area (Å²) in [5.74, 6) is -0.880. The number of hydrogen-bond acceptors (Lipinski definition) is 2. The summed E-state index contributed by atoms with van der Waals surface area (Å²) in [6.45, 7) is -0.0141. The van der Waals surface area contributed by atoms with E-state index in [1.807, 2.05) is 12.1 Å². The van der Waals surface area contributed by atoms with Gasteiger partial charge in [0, 0.05) is 16.2 Å². The van der Waals surface area contributed by atoms with E-state index in [-0.39, 0.29) is 22.4 Å². The number of halogens is 3. The van der Waals surface area contributed by atoms with Crippen LogP contribution in [0.3, 0.4) is 0 Å². The van der Waals surface area contributed by atoms with Crippen LogP contribution in [0.4, 0.5) is 8.78 Å². The highest BCUT2D eigenvalue weighted by molar-refractivity contribution is 9.10. The fraction of sp³-hybridized carbons (Fsp3) is 0.143. The van der Waals surface area contributed by atoms with Gasteiger partial charge in [-0.25, -0.2) is 8.78 Å². The van der Waals surface area contributed by atoms with E-state index in [0.29, 0.717) is 0 Å². The molecule has 1 nitrogen and oxygen atoms in total. The van der Waals surface area contributed by atoms with E-state index in [1.54, 1.807) is 12.1 Å². The van der Waals surface area contributed by atoms with E-state index in [9.17, 15) is 8.78 Å². The SMILES string of the molecule is OCc1ccc(SCc2c(F)ccc(Br)c2F)cc1. The molecule has 0 amide bonds. The molecule has 0 bridgehead atoms. The van der Waals surface area contributed by atoms with Crippen molar-refractivity contribution in [3.8, 4) is 0 Å². The third-order valence-electron chi connectivity index (χ3n) is 2.63. The van der Waals surface area contributed by atoms with Crippen LogP contribution in [-0.4, -0.2) is 5.11 Å². The molecular weight excluding hydrogens is 334 g/mol. The van der Waals surface area contributed by atoms with Crippen LogP contribution in [0.25, 0.3) is 0 Å². The molecule has 0 radical (unpaired) electrons. The zero-order valence-electron chi connectivity index (χ0n) is 9.87. The van der Waals surface area contributed by atoms with Crippen LogP contribution in [-0.2, 0) is 12.4 Å². The number of benzene rings is 2. The van der Waals surface area contributed by atoms with Crippen molar-refractivity contribution < 1.29 is 13.9 Å². The molecule has 0 aromatic heterocycles. The van der Waals surface area contributed by atoms with Gasteiger partial charge in [-0.2, -0.15) is 0 Å². The van der Waals surface area contributed by atoms with Crippen LogP contribution in [0.2, 0.25) is 0 Å². The van der Waals surface area contributed by atoms with Crippen molar-refractivity contribution in [3.63, 3.8) is 0 Å². The number of aliphatic hydroxyl groups is 1. The lowest BCUT2D eigenvalue weighted by atomic mass is 10.2. The van der Waals surface area contributed by atoms with Gasteiger partial charge in [-0.15, -0.1) is 11.8 Å². The molecule has 0 heterocycles. The van der Waals surface area contributed by atoms with Gasteiger partial charge in [-0.1, -0.05) is 12.1 Å². The summed E-state index contributed by atoms with van der Waals surface area (Å²) in [5.41, 5.74) is 0.870. The average Bonchev–Trinajstić information content (AvgIpc) is 2.44. The van der Waals surface area contributed by atoms with Crippen molar-refractivity contribution >= 4 is 27.7 Å². The highest BCUT2D eigenvalue weighted by Crippen LogP contribution is 2.29. The Bertz CT molecular complexity index is 572. The Morgan fingerprint density at radius 2 is 1.74 bits per heavy atom. The van der Waals surface area contributed by atoms with Crippen molar-refractivity contribution in [2.45, 2.75) is 17.3 Å². The molecule has 2 rings (SSSR count). The summed E-state index contributed by atoms with van der Waals surface area (Å²) < 4.78 is 27.6. The van der Waals surface area contributed by atoms with Gasteiger partial charge >= 0.3 is 0 Å². The second-order valence-electron chi connectivity index (χ2n) is 3.91. The molecule has 0 aliphatic rings. The van der Waals surface area contributed by atoms with Gasteiger partial charge in [0.2, 0.25) is 0 Å². The Morgan fingerprint density at radius 1 is 1.05 bits per heavy atom. The smallest absolute Gasteiger partial charge is 0.144 e. The number of aliphatic hydroxyl groups excluding tert-OH is 1. The fourth-order valence-electron chi connectivity index (χ4n) is 1.55. The van der Waals surface area contributed by atoms with Crippen LogP contribution in [0.5, 0.6) is 0 Å². The monoisotopic (exact) mass is 344 g/mol. The summed E-state index contributed by atoms with van der Waals surface area (Å²) in [7, 11) is 0. The first-order valence-corrected chi connectivity index (χ1v) is 7.34. The van der Waals surface area contributed by atoms with E-state index in [1.165, 1.54) is 23.9 Å². The molecule has 0 saturated carbocycles. The van der Waals surface area contributed by atoms with Crippen molar-refractivity contribution in [2.75, 3.05) is 0 Å². The standard InChI is InChI=1S/C14H11BrF2OS/c15-12-5-6-13(16)11(14(12)17)8-19-10-3-1-9(7-18)2-4-10/h1-6,18H,7-8H2. The largest absolute Gasteiger partial charge is 0.392 e. The molecule has 2 aromatic rings. The van der Waals surface area contributed by atoms with Gasteiger partial charge < -0.3 is 5.11 Å². The molecule has 2 aromatic carbocycles. The minimum Gasteiger partial charge on any atom is -0.392 e. The molecule has 19 heavy (non-hydrogen) atoms. The van der Waals surface area contributed by atoms with Gasteiger partial charge in [-0.3, -0.25) is 0 Å². The van der Waals surface area contributed by atoms with Gasteiger partial charge in [0.05, 0.1) is 11.1 Å². The van der Waals surface area contributed by atoms with Crippen LogP contribution in [0.1, 0.15) is 11.1 Å². The molecule has 0 saturated heterocycles. The summed E-state index contributed by atoms with van der Waals surface area (Å²) >= 11 is 4.39. The normalized spacial score (nSPS) is 10.7. The molecular formula is C14H11BrF2OS. The van der Waals surface area contributed by atoms with E-state index < -0.39 is 11.6 Å². The van der Waals surface area contributed by atoms with Crippen molar-refractivity contribution in [1.82, 2.24) is 0 Å². The molecule has 0 spiro atoms. The minimum absolute atomic E-state index is 0.0141. The Hall–Kier alpha value is -0.910. The summed E-state index contributed by atoms with van der Waals surface area (Å²) in [6, 6.07) is 9.83. The first kappa shape index (κ1) is 14.5. The predicted octanol–water partition coefficient (Wildman–Crippen LogP) is 4.51. The third-order valence-corrected chi connectivity index (χ3v) is 4.28. The number of thioether (sulfide) groups is 1. The molecule has 100 valence electrons. The second kappa shape index (κ2) is 6.50. The molecule has 5 heteroatoms. The van der Waals surface area contributed by atoms with Crippen LogP contribution < -0.4 is 0 Å². The lowest BCUT2D eigenvalue weighted by Gasteiger charge is -2.07. The van der Waals surface area contributed by atoms with E-state index in [0.717, 1.165) is 10.5 Å². The van der Waals surface area contributed by atoms with Gasteiger partial charge in [-0.05, 0) is 45.8 Å². The molecule has 0 aliphatic heterocycles. The maximum atomic E-state index is 13.8. The van der Waals surface area contributed by atoms with Crippen LogP contribution in [0, 0.1) is 11.6 Å². The van der Waals surface area contributed by atoms with Gasteiger partial charge in [0.1, 0.15) is 11.6 Å². The number of hydrogen-bond donors (Lipinski definition) is 1. The topological polar surface area (TPSA) is 20.2 Å². The Balaban J connectivity index is 2.12. The number of rotatable bonds is 4. The zero-order valence-corrected chi connectivity index (χ0v) is 12.3. The summed E-state index contributed by atoms with van der Waals surface area (Å²) in [6.07, 6.45) is 0. The molecule has 0 fully saturated rings. The third kappa shape index (κ3) is 3.55. The second-order valence-corrected chi connectivity index (χ2v) is 5.82. The molecule has 0 unspecified atom stereocenters. The maximum absolute atomic E-state index is 13.8. The zero-order chi connectivity index (χ0) is 13.8.